The second-order valence-electron chi connectivity index (χ2n) is 3.63. The van der Waals surface area contributed by atoms with E-state index in [2.05, 4.69) is 15.9 Å². The maximum atomic E-state index is 12.6. The molecule has 0 nitrogen and oxygen atoms in total. The molecule has 0 aliphatic carbocycles. The average molecular weight is 267 g/mol. The molecule has 0 unspecified atom stereocenters. The van der Waals surface area contributed by atoms with Crippen LogP contribution in [0.3, 0.4) is 0 Å². The van der Waals surface area contributed by atoms with Gasteiger partial charge in [0.1, 0.15) is 0 Å². The lowest BCUT2D eigenvalue weighted by atomic mass is 9.84. The van der Waals surface area contributed by atoms with Crippen molar-refractivity contribution >= 4 is 15.9 Å². The Morgan fingerprint density at radius 1 is 1.00 bits per heavy atom. The monoisotopic (exact) mass is 266 g/mol. The summed E-state index contributed by atoms with van der Waals surface area (Å²) in [6.07, 6.45) is -4.22. The highest BCUT2D eigenvalue weighted by Crippen LogP contribution is 2.40. The molecular formula is C10H10BrF3. The molecule has 4 heteroatoms. The summed E-state index contributed by atoms with van der Waals surface area (Å²) in [6.45, 7) is 2.35. The molecule has 0 N–H and O–H groups in total. The molecular weight excluding hydrogens is 257 g/mol. The number of alkyl halides is 3. The third-order valence-electron chi connectivity index (χ3n) is 2.27. The number of halogens is 4. The normalized spacial score (nSPS) is 13.0. The van der Waals surface area contributed by atoms with Crippen LogP contribution in [0, 0.1) is 0 Å². The largest absolute Gasteiger partial charge is 0.397 e. The molecule has 0 atom stereocenters. The van der Waals surface area contributed by atoms with Crippen molar-refractivity contribution in [2.45, 2.75) is 25.4 Å². The van der Waals surface area contributed by atoms with Crippen LogP contribution in [0.4, 0.5) is 13.2 Å². The molecule has 78 valence electrons. The van der Waals surface area contributed by atoms with E-state index in [0.29, 0.717) is 0 Å². The summed E-state index contributed by atoms with van der Waals surface area (Å²) in [5, 5.41) is 0. The molecule has 0 aliphatic rings. The molecule has 14 heavy (non-hydrogen) atoms. The van der Waals surface area contributed by atoms with Gasteiger partial charge in [0.05, 0.1) is 5.41 Å². The fourth-order valence-corrected chi connectivity index (χ4v) is 1.29. The van der Waals surface area contributed by atoms with Gasteiger partial charge >= 0.3 is 6.18 Å². The van der Waals surface area contributed by atoms with Crippen molar-refractivity contribution < 1.29 is 13.2 Å². The van der Waals surface area contributed by atoms with Gasteiger partial charge in [0, 0.05) is 4.47 Å². The maximum Gasteiger partial charge on any atom is 0.397 e. The first-order valence-corrected chi connectivity index (χ1v) is 4.87. The van der Waals surface area contributed by atoms with E-state index in [0.717, 1.165) is 4.47 Å². The summed E-state index contributed by atoms with van der Waals surface area (Å²) in [5.74, 6) is 0. The Bertz CT molecular complexity index is 311. The minimum atomic E-state index is -4.22. The molecule has 1 aromatic rings. The highest BCUT2D eigenvalue weighted by Gasteiger charge is 2.48. The van der Waals surface area contributed by atoms with Crippen molar-refractivity contribution in [3.63, 3.8) is 0 Å². The summed E-state index contributed by atoms with van der Waals surface area (Å²) in [7, 11) is 0. The third kappa shape index (κ3) is 2.11. The van der Waals surface area contributed by atoms with Crippen molar-refractivity contribution in [2.24, 2.45) is 0 Å². The summed E-state index contributed by atoms with van der Waals surface area (Å²) in [6, 6.07) is 6.20. The van der Waals surface area contributed by atoms with Crippen molar-refractivity contribution in [3.05, 3.63) is 34.3 Å². The second-order valence-corrected chi connectivity index (χ2v) is 4.55. The standard InChI is InChI=1S/C10H10BrF3/c1-9(2,10(12,13)14)7-3-5-8(11)6-4-7/h3-6H,1-2H3. The number of hydrogen-bond donors (Lipinski definition) is 0. The first-order chi connectivity index (χ1) is 6.25. The maximum absolute atomic E-state index is 12.6. The zero-order valence-electron chi connectivity index (χ0n) is 7.82. The predicted molar refractivity (Wildman–Crippen MR) is 53.2 cm³/mol. The molecule has 0 saturated heterocycles. The Balaban J connectivity index is 3.10. The van der Waals surface area contributed by atoms with Crippen LogP contribution in [0.15, 0.2) is 28.7 Å². The second kappa shape index (κ2) is 3.57. The molecule has 0 bridgehead atoms. The highest BCUT2D eigenvalue weighted by molar-refractivity contribution is 9.10. The van der Waals surface area contributed by atoms with Crippen LogP contribution < -0.4 is 0 Å². The van der Waals surface area contributed by atoms with E-state index in [-0.39, 0.29) is 5.56 Å². The first-order valence-electron chi connectivity index (χ1n) is 4.08. The van der Waals surface area contributed by atoms with Crippen LogP contribution in [0.1, 0.15) is 19.4 Å². The molecule has 1 aromatic carbocycles. The summed E-state index contributed by atoms with van der Waals surface area (Å²) in [4.78, 5) is 0. The molecule has 0 heterocycles. The zero-order chi connectivity index (χ0) is 11.0. The van der Waals surface area contributed by atoms with Gasteiger partial charge in [-0.3, -0.25) is 0 Å². The number of benzene rings is 1. The Morgan fingerprint density at radius 2 is 1.43 bits per heavy atom. The van der Waals surface area contributed by atoms with Crippen molar-refractivity contribution in [1.29, 1.82) is 0 Å². The minimum absolute atomic E-state index is 0.271. The topological polar surface area (TPSA) is 0 Å². The lowest BCUT2D eigenvalue weighted by Gasteiger charge is -2.28. The molecule has 0 fully saturated rings. The van der Waals surface area contributed by atoms with E-state index in [9.17, 15) is 13.2 Å². The van der Waals surface area contributed by atoms with E-state index in [1.54, 1.807) is 12.1 Å². The summed E-state index contributed by atoms with van der Waals surface area (Å²) in [5.41, 5.74) is -1.53. The van der Waals surface area contributed by atoms with Crippen LogP contribution in [-0.4, -0.2) is 6.18 Å². The molecule has 0 spiro atoms. The molecule has 0 amide bonds. The van der Waals surface area contributed by atoms with Gasteiger partial charge in [0.25, 0.3) is 0 Å². The molecule has 0 aliphatic heterocycles. The van der Waals surface area contributed by atoms with Gasteiger partial charge in [0.15, 0.2) is 0 Å². The average Bonchev–Trinajstić information content (AvgIpc) is 2.03. The van der Waals surface area contributed by atoms with E-state index in [1.807, 2.05) is 0 Å². The molecule has 0 aromatic heterocycles. The van der Waals surface area contributed by atoms with Crippen molar-refractivity contribution in [1.82, 2.24) is 0 Å². The summed E-state index contributed by atoms with van der Waals surface area (Å²) < 4.78 is 38.6. The van der Waals surface area contributed by atoms with Crippen LogP contribution in [-0.2, 0) is 5.41 Å². The quantitative estimate of drug-likeness (QED) is 0.712. The Kier molecular flexibility index (Phi) is 2.95. The van der Waals surface area contributed by atoms with Gasteiger partial charge < -0.3 is 0 Å². The minimum Gasteiger partial charge on any atom is -0.170 e. The Morgan fingerprint density at radius 3 is 1.79 bits per heavy atom. The fourth-order valence-electron chi connectivity index (χ4n) is 1.03. The Hall–Kier alpha value is -0.510. The molecule has 1 rings (SSSR count). The lowest BCUT2D eigenvalue weighted by molar-refractivity contribution is -0.180. The number of hydrogen-bond acceptors (Lipinski definition) is 0. The van der Waals surface area contributed by atoms with E-state index >= 15 is 0 Å². The number of rotatable bonds is 1. The Labute approximate surface area is 89.3 Å². The molecule has 0 radical (unpaired) electrons. The van der Waals surface area contributed by atoms with Crippen LogP contribution in [0.5, 0.6) is 0 Å². The van der Waals surface area contributed by atoms with Gasteiger partial charge in [0.2, 0.25) is 0 Å². The fraction of sp³-hybridized carbons (Fsp3) is 0.400. The van der Waals surface area contributed by atoms with Gasteiger partial charge in [-0.2, -0.15) is 13.2 Å². The van der Waals surface area contributed by atoms with Crippen molar-refractivity contribution in [3.8, 4) is 0 Å². The van der Waals surface area contributed by atoms with Gasteiger partial charge in [-0.1, -0.05) is 28.1 Å². The lowest BCUT2D eigenvalue weighted by Crippen LogP contribution is -2.36. The van der Waals surface area contributed by atoms with E-state index in [1.165, 1.54) is 26.0 Å². The third-order valence-corrected chi connectivity index (χ3v) is 2.80. The van der Waals surface area contributed by atoms with E-state index < -0.39 is 11.6 Å². The van der Waals surface area contributed by atoms with Gasteiger partial charge in [-0.05, 0) is 31.5 Å². The first kappa shape index (κ1) is 11.6. The smallest absolute Gasteiger partial charge is 0.170 e. The van der Waals surface area contributed by atoms with Crippen molar-refractivity contribution in [2.75, 3.05) is 0 Å². The SMILES string of the molecule is CC(C)(c1ccc(Br)cc1)C(F)(F)F. The van der Waals surface area contributed by atoms with Crippen LogP contribution in [0.25, 0.3) is 0 Å². The van der Waals surface area contributed by atoms with Crippen LogP contribution in [0.2, 0.25) is 0 Å². The molecule has 0 saturated carbocycles. The van der Waals surface area contributed by atoms with Crippen LogP contribution >= 0.6 is 15.9 Å². The zero-order valence-corrected chi connectivity index (χ0v) is 9.41. The summed E-state index contributed by atoms with van der Waals surface area (Å²) >= 11 is 3.18. The predicted octanol–water partition coefficient (Wildman–Crippen LogP) is 4.29. The van der Waals surface area contributed by atoms with Gasteiger partial charge in [-0.15, -0.1) is 0 Å². The van der Waals surface area contributed by atoms with Gasteiger partial charge in [-0.25, -0.2) is 0 Å². The van der Waals surface area contributed by atoms with E-state index in [4.69, 9.17) is 0 Å². The highest BCUT2D eigenvalue weighted by atomic mass is 79.9.